The van der Waals surface area contributed by atoms with Crippen LogP contribution in [0.4, 0.5) is 5.69 Å². The molecule has 3 rings (SSSR count). The highest BCUT2D eigenvalue weighted by Gasteiger charge is 2.10. The van der Waals surface area contributed by atoms with Gasteiger partial charge in [0.15, 0.2) is 5.16 Å². The van der Waals surface area contributed by atoms with Crippen molar-refractivity contribution in [3.63, 3.8) is 0 Å². The highest BCUT2D eigenvalue weighted by atomic mass is 32.2. The van der Waals surface area contributed by atoms with Crippen molar-refractivity contribution < 1.29 is 14.3 Å². The molecule has 2 aromatic carbocycles. The second-order valence-electron chi connectivity index (χ2n) is 5.61. The Kier molecular flexibility index (Phi) is 5.91. The Bertz CT molecular complexity index is 890. The summed E-state index contributed by atoms with van der Waals surface area (Å²) in [6, 6.07) is 14.4. The molecule has 134 valence electrons. The number of aromatic nitrogens is 2. The number of fused-ring (bicyclic) bond motifs is 1. The predicted octanol–water partition coefficient (Wildman–Crippen LogP) is 3.86. The normalized spacial score (nSPS) is 10.7. The fourth-order valence-electron chi connectivity index (χ4n) is 2.33. The molecule has 0 saturated heterocycles. The minimum absolute atomic E-state index is 0.172. The molecule has 0 atom stereocenters. The van der Waals surface area contributed by atoms with Gasteiger partial charge in [0.2, 0.25) is 5.91 Å². The molecule has 0 radical (unpaired) electrons. The number of aromatic amines is 1. The Labute approximate surface area is 155 Å². The summed E-state index contributed by atoms with van der Waals surface area (Å²) < 4.78 is 5.10. The summed E-state index contributed by atoms with van der Waals surface area (Å²) in [5.41, 5.74) is 2.79. The molecule has 1 aromatic heterocycles. The van der Waals surface area contributed by atoms with Crippen molar-refractivity contribution in [2.24, 2.45) is 0 Å². The molecular weight excluding hydrogens is 350 g/mol. The zero-order valence-corrected chi connectivity index (χ0v) is 15.1. The summed E-state index contributed by atoms with van der Waals surface area (Å²) in [5, 5.41) is 3.48. The molecule has 1 amide bonds. The molecule has 0 unspecified atom stereocenters. The maximum absolute atomic E-state index is 12.2. The van der Waals surface area contributed by atoms with E-state index in [1.807, 2.05) is 31.2 Å². The molecule has 1 heterocycles. The largest absolute Gasteiger partial charge is 0.462 e. The van der Waals surface area contributed by atoms with Crippen molar-refractivity contribution in [1.82, 2.24) is 9.97 Å². The minimum atomic E-state index is -0.389. The summed E-state index contributed by atoms with van der Waals surface area (Å²) in [5.74, 6) is -0.348. The second-order valence-corrected chi connectivity index (χ2v) is 6.58. The van der Waals surface area contributed by atoms with Crippen LogP contribution in [-0.2, 0) is 9.53 Å². The van der Waals surface area contributed by atoms with Gasteiger partial charge in [-0.15, -0.1) is 0 Å². The van der Waals surface area contributed by atoms with Crippen LogP contribution in [0.2, 0.25) is 0 Å². The van der Waals surface area contributed by atoms with Crippen LogP contribution in [-0.4, -0.2) is 34.2 Å². The van der Waals surface area contributed by atoms with Crippen molar-refractivity contribution in [3.05, 3.63) is 54.1 Å². The maximum atomic E-state index is 12.2. The second kappa shape index (κ2) is 8.53. The topological polar surface area (TPSA) is 84.1 Å². The number of carbonyl (C=O) groups is 2. The van der Waals surface area contributed by atoms with Gasteiger partial charge in [0, 0.05) is 5.69 Å². The van der Waals surface area contributed by atoms with E-state index in [1.54, 1.807) is 24.3 Å². The van der Waals surface area contributed by atoms with E-state index in [-0.39, 0.29) is 17.6 Å². The lowest BCUT2D eigenvalue weighted by Gasteiger charge is -2.07. The first-order valence-corrected chi connectivity index (χ1v) is 9.29. The van der Waals surface area contributed by atoms with Gasteiger partial charge in [-0.25, -0.2) is 9.78 Å². The highest BCUT2D eigenvalue weighted by molar-refractivity contribution is 7.99. The van der Waals surface area contributed by atoms with Crippen molar-refractivity contribution in [3.8, 4) is 0 Å². The van der Waals surface area contributed by atoms with E-state index in [0.717, 1.165) is 17.5 Å². The monoisotopic (exact) mass is 369 g/mol. The summed E-state index contributed by atoms with van der Waals surface area (Å²) >= 11 is 1.32. The van der Waals surface area contributed by atoms with E-state index in [0.29, 0.717) is 23.0 Å². The van der Waals surface area contributed by atoms with E-state index in [1.165, 1.54) is 11.8 Å². The number of nitrogens with zero attached hydrogens (tertiary/aromatic N) is 1. The van der Waals surface area contributed by atoms with Gasteiger partial charge in [-0.3, -0.25) is 4.79 Å². The molecule has 0 spiro atoms. The van der Waals surface area contributed by atoms with Crippen LogP contribution in [0.1, 0.15) is 23.7 Å². The first-order chi connectivity index (χ1) is 12.7. The number of para-hydroxylation sites is 2. The summed E-state index contributed by atoms with van der Waals surface area (Å²) in [6.45, 7) is 2.31. The fourth-order valence-corrected chi connectivity index (χ4v) is 3.02. The number of hydrogen-bond acceptors (Lipinski definition) is 5. The third-order valence-electron chi connectivity index (χ3n) is 3.53. The molecule has 0 aliphatic rings. The van der Waals surface area contributed by atoms with E-state index in [9.17, 15) is 9.59 Å². The van der Waals surface area contributed by atoms with Gasteiger partial charge in [0.25, 0.3) is 0 Å². The van der Waals surface area contributed by atoms with E-state index >= 15 is 0 Å². The average molecular weight is 369 g/mol. The van der Waals surface area contributed by atoms with Crippen molar-refractivity contribution in [2.45, 2.75) is 18.5 Å². The lowest BCUT2D eigenvalue weighted by atomic mass is 10.2. The van der Waals surface area contributed by atoms with Gasteiger partial charge < -0.3 is 15.0 Å². The smallest absolute Gasteiger partial charge is 0.338 e. The predicted molar refractivity (Wildman–Crippen MR) is 102 cm³/mol. The Hall–Kier alpha value is -2.80. The van der Waals surface area contributed by atoms with E-state index in [2.05, 4.69) is 15.3 Å². The Morgan fingerprint density at radius 2 is 2.04 bits per heavy atom. The maximum Gasteiger partial charge on any atom is 0.338 e. The van der Waals surface area contributed by atoms with Crippen molar-refractivity contribution >= 4 is 40.4 Å². The van der Waals surface area contributed by atoms with Crippen LogP contribution in [0, 0.1) is 0 Å². The average Bonchev–Trinajstić information content (AvgIpc) is 3.07. The number of amides is 1. The van der Waals surface area contributed by atoms with Gasteiger partial charge in [0.1, 0.15) is 0 Å². The molecular formula is C19H19N3O3S. The molecule has 2 N–H and O–H groups in total. The minimum Gasteiger partial charge on any atom is -0.462 e. The first-order valence-electron chi connectivity index (χ1n) is 8.30. The van der Waals surface area contributed by atoms with Crippen molar-refractivity contribution in [2.75, 3.05) is 17.7 Å². The Morgan fingerprint density at radius 1 is 1.19 bits per heavy atom. The van der Waals surface area contributed by atoms with Gasteiger partial charge >= 0.3 is 5.97 Å². The summed E-state index contributed by atoms with van der Waals surface area (Å²) in [6.07, 6.45) is 0.765. The quantitative estimate of drug-likeness (QED) is 0.488. The number of esters is 1. The van der Waals surface area contributed by atoms with Crippen LogP contribution in [0.3, 0.4) is 0 Å². The third-order valence-corrected chi connectivity index (χ3v) is 4.40. The molecule has 6 nitrogen and oxygen atoms in total. The van der Waals surface area contributed by atoms with Gasteiger partial charge in [-0.05, 0) is 36.8 Å². The molecule has 0 aliphatic carbocycles. The van der Waals surface area contributed by atoms with Crippen LogP contribution < -0.4 is 5.32 Å². The highest BCUT2D eigenvalue weighted by Crippen LogP contribution is 2.19. The Balaban J connectivity index is 1.56. The number of hydrogen-bond donors (Lipinski definition) is 2. The molecule has 26 heavy (non-hydrogen) atoms. The third kappa shape index (κ3) is 4.64. The number of carbonyl (C=O) groups excluding carboxylic acids is 2. The van der Waals surface area contributed by atoms with Crippen LogP contribution >= 0.6 is 11.8 Å². The van der Waals surface area contributed by atoms with Crippen molar-refractivity contribution in [1.29, 1.82) is 0 Å². The van der Waals surface area contributed by atoms with E-state index < -0.39 is 0 Å². The van der Waals surface area contributed by atoms with Crippen LogP contribution in [0.5, 0.6) is 0 Å². The number of H-pyrrole nitrogens is 1. The van der Waals surface area contributed by atoms with Crippen LogP contribution in [0.15, 0.2) is 53.7 Å². The lowest BCUT2D eigenvalue weighted by molar-refractivity contribution is -0.113. The summed E-state index contributed by atoms with van der Waals surface area (Å²) in [7, 11) is 0. The van der Waals surface area contributed by atoms with Gasteiger partial charge in [-0.1, -0.05) is 36.9 Å². The molecule has 0 saturated carbocycles. The molecule has 0 bridgehead atoms. The standard InChI is InChI=1S/C19H19N3O3S/c1-2-10-25-18(24)13-6-5-7-14(11-13)20-17(23)12-26-19-21-15-8-3-4-9-16(15)22-19/h3-9,11H,2,10,12H2,1H3,(H,20,23)(H,21,22). The van der Waals surface area contributed by atoms with Crippen LogP contribution in [0.25, 0.3) is 11.0 Å². The zero-order chi connectivity index (χ0) is 18.4. The fraction of sp³-hybridized carbons (Fsp3) is 0.211. The van der Waals surface area contributed by atoms with E-state index in [4.69, 9.17) is 4.74 Å². The molecule has 0 aliphatic heterocycles. The molecule has 0 fully saturated rings. The number of rotatable bonds is 7. The molecule has 7 heteroatoms. The summed E-state index contributed by atoms with van der Waals surface area (Å²) in [4.78, 5) is 31.6. The number of ether oxygens (including phenoxy) is 1. The zero-order valence-electron chi connectivity index (χ0n) is 14.3. The number of benzene rings is 2. The number of imidazole rings is 1. The Morgan fingerprint density at radius 3 is 2.85 bits per heavy atom. The first kappa shape index (κ1) is 18.0. The molecule has 3 aromatic rings. The lowest BCUT2D eigenvalue weighted by Crippen LogP contribution is -2.15. The number of nitrogens with one attached hydrogen (secondary N) is 2. The van der Waals surface area contributed by atoms with Gasteiger partial charge in [-0.2, -0.15) is 0 Å². The number of thioether (sulfide) groups is 1. The number of anilines is 1. The SMILES string of the molecule is CCCOC(=O)c1cccc(NC(=O)CSc2nc3ccccc3[nH]2)c1. The van der Waals surface area contributed by atoms with Gasteiger partial charge in [0.05, 0.1) is 29.0 Å².